The van der Waals surface area contributed by atoms with E-state index in [2.05, 4.69) is 17.2 Å². The van der Waals surface area contributed by atoms with Gasteiger partial charge in [0, 0.05) is 29.2 Å². The fourth-order valence-electron chi connectivity index (χ4n) is 3.06. The van der Waals surface area contributed by atoms with E-state index in [-0.39, 0.29) is 6.61 Å². The maximum atomic E-state index is 12.5. The topological polar surface area (TPSA) is 72.4 Å². The van der Waals surface area contributed by atoms with Crippen LogP contribution < -0.4 is 10.6 Å². The number of allylic oxidation sites excluding steroid dienone is 1. The van der Waals surface area contributed by atoms with Gasteiger partial charge in [-0.15, -0.1) is 0 Å². The Morgan fingerprint density at radius 2 is 2.16 bits per heavy atom. The number of fused-ring (bicyclic) bond motifs is 1. The van der Waals surface area contributed by atoms with Crippen LogP contribution in [0.3, 0.4) is 0 Å². The monoisotopic (exact) mass is 359 g/mol. The number of hydrogen-bond acceptors (Lipinski definition) is 3. The van der Waals surface area contributed by atoms with E-state index in [0.717, 1.165) is 10.9 Å². The minimum atomic E-state index is -0.704. The number of amides is 2. The van der Waals surface area contributed by atoms with Crippen molar-refractivity contribution in [3.8, 4) is 0 Å². The molecule has 2 aromatic rings. The first-order chi connectivity index (χ1) is 12.0. The van der Waals surface area contributed by atoms with Crippen molar-refractivity contribution in [2.24, 2.45) is 7.05 Å². The number of halogens is 1. The fraction of sp³-hybridized carbons (Fsp3) is 0.222. The van der Waals surface area contributed by atoms with Gasteiger partial charge in [-0.3, -0.25) is 0 Å². The van der Waals surface area contributed by atoms with Crippen molar-refractivity contribution in [2.45, 2.75) is 13.0 Å². The second-order valence-electron chi connectivity index (χ2n) is 5.74. The van der Waals surface area contributed by atoms with Crippen LogP contribution in [0.4, 0.5) is 4.79 Å². The zero-order chi connectivity index (χ0) is 18.1. The Hall–Kier alpha value is -2.73. The molecule has 0 bridgehead atoms. The van der Waals surface area contributed by atoms with Crippen molar-refractivity contribution >= 4 is 34.5 Å². The van der Waals surface area contributed by atoms with Gasteiger partial charge in [0.2, 0.25) is 0 Å². The van der Waals surface area contributed by atoms with Gasteiger partial charge >= 0.3 is 12.0 Å². The summed E-state index contributed by atoms with van der Waals surface area (Å²) in [5.74, 6) is -0.529. The van der Waals surface area contributed by atoms with Crippen LogP contribution in [0.1, 0.15) is 18.5 Å². The highest BCUT2D eigenvalue weighted by atomic mass is 35.5. The number of rotatable bonds is 4. The molecule has 1 aliphatic heterocycles. The highest BCUT2D eigenvalue weighted by Crippen LogP contribution is 2.38. The van der Waals surface area contributed by atoms with Gasteiger partial charge in [-0.05, 0) is 13.0 Å². The molecule has 0 fully saturated rings. The van der Waals surface area contributed by atoms with Crippen molar-refractivity contribution < 1.29 is 14.3 Å². The number of urea groups is 1. The van der Waals surface area contributed by atoms with Crippen LogP contribution in [0.15, 0.2) is 48.2 Å². The first kappa shape index (κ1) is 17.1. The first-order valence-corrected chi connectivity index (χ1v) is 8.12. The number of esters is 1. The van der Waals surface area contributed by atoms with Crippen LogP contribution in [-0.4, -0.2) is 23.2 Å². The number of carbonyl (C=O) groups is 2. The predicted octanol–water partition coefficient (Wildman–Crippen LogP) is 3.19. The Balaban J connectivity index is 2.18. The predicted molar refractivity (Wildman–Crippen MR) is 96.2 cm³/mol. The minimum absolute atomic E-state index is 0.0829. The number of nitrogens with one attached hydrogen (secondary N) is 2. The van der Waals surface area contributed by atoms with Crippen LogP contribution in [0, 0.1) is 0 Å². The second kappa shape index (κ2) is 6.64. The molecule has 130 valence electrons. The molecule has 2 amide bonds. The van der Waals surface area contributed by atoms with Crippen molar-refractivity contribution in [2.75, 3.05) is 6.61 Å². The van der Waals surface area contributed by atoms with Crippen LogP contribution in [-0.2, 0) is 16.6 Å². The number of carbonyl (C=O) groups excluding carboxylic acids is 2. The lowest BCUT2D eigenvalue weighted by molar-refractivity contribution is -0.138. The summed E-state index contributed by atoms with van der Waals surface area (Å²) in [6.45, 7) is 5.29. The molecular formula is C18H18ClN3O3. The lowest BCUT2D eigenvalue weighted by Gasteiger charge is -2.28. The lowest BCUT2D eigenvalue weighted by atomic mass is 9.95. The molecule has 6 nitrogen and oxygen atoms in total. The molecule has 0 saturated heterocycles. The van der Waals surface area contributed by atoms with Crippen LogP contribution in [0.2, 0.25) is 5.15 Å². The van der Waals surface area contributed by atoms with Gasteiger partial charge in [-0.25, -0.2) is 9.59 Å². The summed E-state index contributed by atoms with van der Waals surface area (Å²) in [6.07, 6.45) is 1.49. The summed E-state index contributed by atoms with van der Waals surface area (Å²) < 4.78 is 7.01. The van der Waals surface area contributed by atoms with E-state index in [0.29, 0.717) is 22.0 Å². The van der Waals surface area contributed by atoms with E-state index in [9.17, 15) is 9.59 Å². The Bertz CT molecular complexity index is 914. The summed E-state index contributed by atoms with van der Waals surface area (Å²) >= 11 is 6.54. The van der Waals surface area contributed by atoms with Gasteiger partial charge in [-0.1, -0.05) is 42.5 Å². The van der Waals surface area contributed by atoms with Gasteiger partial charge in [0.25, 0.3) is 0 Å². The average molecular weight is 360 g/mol. The zero-order valence-electron chi connectivity index (χ0n) is 13.9. The molecule has 0 aliphatic carbocycles. The summed E-state index contributed by atoms with van der Waals surface area (Å²) in [7, 11) is 1.84. The molecule has 1 unspecified atom stereocenters. The number of benzene rings is 1. The van der Waals surface area contributed by atoms with E-state index in [4.69, 9.17) is 16.3 Å². The van der Waals surface area contributed by atoms with Gasteiger partial charge in [0.05, 0.1) is 11.6 Å². The van der Waals surface area contributed by atoms with E-state index >= 15 is 0 Å². The number of hydrogen-bond donors (Lipinski definition) is 2. The van der Waals surface area contributed by atoms with Gasteiger partial charge in [-0.2, -0.15) is 0 Å². The molecule has 1 aromatic carbocycles. The fourth-order valence-corrected chi connectivity index (χ4v) is 3.36. The smallest absolute Gasteiger partial charge is 0.338 e. The second-order valence-corrected chi connectivity index (χ2v) is 6.10. The highest BCUT2D eigenvalue weighted by molar-refractivity contribution is 6.32. The van der Waals surface area contributed by atoms with Crippen LogP contribution in [0.5, 0.6) is 0 Å². The molecule has 3 rings (SSSR count). The molecule has 1 aliphatic rings. The normalized spacial score (nSPS) is 17.2. The van der Waals surface area contributed by atoms with Crippen LogP contribution >= 0.6 is 11.6 Å². The number of ether oxygens (including phenoxy) is 1. The molecule has 1 atom stereocenters. The SMILES string of the molecule is C=CCOC(=O)C1=C(C)NC(=O)NC1c1c(Cl)n(C)c2ccccc12. The number of aromatic nitrogens is 1. The molecule has 2 N–H and O–H groups in total. The van der Waals surface area contributed by atoms with E-state index < -0.39 is 18.0 Å². The van der Waals surface area contributed by atoms with Crippen LogP contribution in [0.25, 0.3) is 10.9 Å². The number of nitrogens with zero attached hydrogens (tertiary/aromatic N) is 1. The van der Waals surface area contributed by atoms with Gasteiger partial charge < -0.3 is 19.9 Å². The highest BCUT2D eigenvalue weighted by Gasteiger charge is 2.35. The maximum Gasteiger partial charge on any atom is 0.338 e. The Labute approximate surface area is 150 Å². The molecule has 0 saturated carbocycles. The van der Waals surface area contributed by atoms with Crippen molar-refractivity contribution in [3.63, 3.8) is 0 Å². The molecular weight excluding hydrogens is 342 g/mol. The number of para-hydroxylation sites is 1. The molecule has 0 radical (unpaired) electrons. The third-order valence-corrected chi connectivity index (χ3v) is 4.64. The number of aryl methyl sites for hydroxylation is 1. The maximum absolute atomic E-state index is 12.5. The third-order valence-electron chi connectivity index (χ3n) is 4.18. The van der Waals surface area contributed by atoms with Crippen molar-refractivity contribution in [3.05, 3.63) is 58.9 Å². The Kier molecular flexibility index (Phi) is 4.55. The average Bonchev–Trinajstić information content (AvgIpc) is 2.83. The Morgan fingerprint density at radius 1 is 1.44 bits per heavy atom. The van der Waals surface area contributed by atoms with Gasteiger partial charge in [0.1, 0.15) is 11.8 Å². The quantitative estimate of drug-likeness (QED) is 0.650. The molecule has 25 heavy (non-hydrogen) atoms. The van der Waals surface area contributed by atoms with Gasteiger partial charge in [0.15, 0.2) is 0 Å². The minimum Gasteiger partial charge on any atom is -0.458 e. The third kappa shape index (κ3) is 2.89. The zero-order valence-corrected chi connectivity index (χ0v) is 14.7. The van der Waals surface area contributed by atoms with E-state index in [1.807, 2.05) is 35.9 Å². The van der Waals surface area contributed by atoms with Crippen molar-refractivity contribution in [1.29, 1.82) is 0 Å². The van der Waals surface area contributed by atoms with E-state index in [1.54, 1.807) is 6.92 Å². The first-order valence-electron chi connectivity index (χ1n) is 7.74. The molecule has 0 spiro atoms. The molecule has 2 heterocycles. The summed E-state index contributed by atoms with van der Waals surface area (Å²) in [5, 5.41) is 6.72. The summed E-state index contributed by atoms with van der Waals surface area (Å²) in [5.41, 5.74) is 2.33. The molecule has 1 aromatic heterocycles. The molecule has 7 heteroatoms. The summed E-state index contributed by atoms with van der Waals surface area (Å²) in [4.78, 5) is 24.6. The largest absolute Gasteiger partial charge is 0.458 e. The van der Waals surface area contributed by atoms with Crippen molar-refractivity contribution in [1.82, 2.24) is 15.2 Å². The lowest BCUT2D eigenvalue weighted by Crippen LogP contribution is -2.45. The van der Waals surface area contributed by atoms with E-state index in [1.165, 1.54) is 6.08 Å². The standard InChI is InChI=1S/C18H18ClN3O3/c1-4-9-25-17(23)13-10(2)20-18(24)21-15(13)14-11-7-5-6-8-12(11)22(3)16(14)19/h4-8,15H,1,9H2,2-3H3,(H2,20,21,24). The summed E-state index contributed by atoms with van der Waals surface area (Å²) in [6, 6.07) is 6.53. The Morgan fingerprint density at radius 3 is 2.88 bits per heavy atom.